The second kappa shape index (κ2) is 7.50. The van der Waals surface area contributed by atoms with Gasteiger partial charge in [-0.15, -0.1) is 0 Å². The van der Waals surface area contributed by atoms with Crippen molar-refractivity contribution in [2.24, 2.45) is 0 Å². The lowest BCUT2D eigenvalue weighted by Crippen LogP contribution is -2.24. The summed E-state index contributed by atoms with van der Waals surface area (Å²) in [6.07, 6.45) is 1.83. The standard InChI is InChI=1S/C14H22N2O2S/c1-5-15-8-11-6-7-12(16-9-11)19-10-13(17)18-14(2,3)4/h6-7,9,15H,5,8,10H2,1-4H3. The van der Waals surface area contributed by atoms with Crippen LogP contribution in [0.25, 0.3) is 0 Å². The maximum Gasteiger partial charge on any atom is 0.316 e. The molecule has 0 saturated carbocycles. The number of nitrogens with zero attached hydrogens (tertiary/aromatic N) is 1. The average Bonchev–Trinajstić information content (AvgIpc) is 2.33. The minimum absolute atomic E-state index is 0.212. The quantitative estimate of drug-likeness (QED) is 0.642. The molecule has 1 heterocycles. The second-order valence-electron chi connectivity index (χ2n) is 5.16. The molecule has 1 aromatic heterocycles. The second-order valence-corrected chi connectivity index (χ2v) is 6.16. The number of pyridine rings is 1. The van der Waals surface area contributed by atoms with Crippen molar-refractivity contribution in [3.05, 3.63) is 23.9 Å². The van der Waals surface area contributed by atoms with Crippen LogP contribution in [0.5, 0.6) is 0 Å². The van der Waals surface area contributed by atoms with Crippen molar-refractivity contribution < 1.29 is 9.53 Å². The number of esters is 1. The molecule has 0 atom stereocenters. The van der Waals surface area contributed by atoms with Crippen molar-refractivity contribution in [1.29, 1.82) is 0 Å². The van der Waals surface area contributed by atoms with Gasteiger partial charge >= 0.3 is 5.97 Å². The minimum Gasteiger partial charge on any atom is -0.459 e. The maximum atomic E-state index is 11.6. The molecular weight excluding hydrogens is 260 g/mol. The summed E-state index contributed by atoms with van der Waals surface area (Å²) in [7, 11) is 0. The van der Waals surface area contributed by atoms with Crippen molar-refractivity contribution >= 4 is 17.7 Å². The Labute approximate surface area is 119 Å². The van der Waals surface area contributed by atoms with Crippen LogP contribution in [0.3, 0.4) is 0 Å². The fourth-order valence-corrected chi connectivity index (χ4v) is 1.99. The molecule has 5 heteroatoms. The number of aromatic nitrogens is 1. The monoisotopic (exact) mass is 282 g/mol. The number of hydrogen-bond donors (Lipinski definition) is 1. The summed E-state index contributed by atoms with van der Waals surface area (Å²) >= 11 is 1.40. The van der Waals surface area contributed by atoms with E-state index in [1.807, 2.05) is 39.1 Å². The summed E-state index contributed by atoms with van der Waals surface area (Å²) in [4.78, 5) is 15.9. The summed E-state index contributed by atoms with van der Waals surface area (Å²) < 4.78 is 5.24. The molecule has 19 heavy (non-hydrogen) atoms. The SMILES string of the molecule is CCNCc1ccc(SCC(=O)OC(C)(C)C)nc1. The Morgan fingerprint density at radius 1 is 1.42 bits per heavy atom. The van der Waals surface area contributed by atoms with E-state index in [-0.39, 0.29) is 11.7 Å². The highest BCUT2D eigenvalue weighted by molar-refractivity contribution is 7.99. The molecule has 0 unspecified atom stereocenters. The van der Waals surface area contributed by atoms with Crippen molar-refractivity contribution in [3.63, 3.8) is 0 Å². The van der Waals surface area contributed by atoms with Gasteiger partial charge in [-0.2, -0.15) is 0 Å². The molecule has 1 rings (SSSR count). The molecule has 4 nitrogen and oxygen atoms in total. The largest absolute Gasteiger partial charge is 0.459 e. The van der Waals surface area contributed by atoms with E-state index in [2.05, 4.69) is 17.2 Å². The van der Waals surface area contributed by atoms with Crippen LogP contribution in [-0.4, -0.2) is 28.9 Å². The number of rotatable bonds is 6. The molecule has 0 spiro atoms. The Balaban J connectivity index is 2.39. The maximum absolute atomic E-state index is 11.6. The van der Waals surface area contributed by atoms with Gasteiger partial charge in [0.05, 0.1) is 10.8 Å². The molecular formula is C14H22N2O2S. The van der Waals surface area contributed by atoms with E-state index >= 15 is 0 Å². The zero-order valence-corrected chi connectivity index (χ0v) is 12.8. The first-order valence-electron chi connectivity index (χ1n) is 6.41. The average molecular weight is 282 g/mol. The van der Waals surface area contributed by atoms with Gasteiger partial charge in [0.2, 0.25) is 0 Å². The van der Waals surface area contributed by atoms with Crippen LogP contribution in [0, 0.1) is 0 Å². The van der Waals surface area contributed by atoms with E-state index in [9.17, 15) is 4.79 Å². The lowest BCUT2D eigenvalue weighted by atomic mass is 10.2. The number of hydrogen-bond acceptors (Lipinski definition) is 5. The highest BCUT2D eigenvalue weighted by atomic mass is 32.2. The normalized spacial score (nSPS) is 11.4. The zero-order valence-electron chi connectivity index (χ0n) is 12.0. The Morgan fingerprint density at radius 2 is 2.16 bits per heavy atom. The molecule has 0 fully saturated rings. The summed E-state index contributed by atoms with van der Waals surface area (Å²) in [6.45, 7) is 9.42. The molecule has 0 amide bonds. The van der Waals surface area contributed by atoms with Crippen molar-refractivity contribution in [2.75, 3.05) is 12.3 Å². The molecule has 1 aromatic rings. The van der Waals surface area contributed by atoms with E-state index in [1.165, 1.54) is 11.8 Å². The molecule has 106 valence electrons. The molecule has 0 aromatic carbocycles. The molecule has 1 N–H and O–H groups in total. The van der Waals surface area contributed by atoms with E-state index < -0.39 is 5.60 Å². The topological polar surface area (TPSA) is 51.2 Å². The van der Waals surface area contributed by atoms with Crippen LogP contribution in [0.4, 0.5) is 0 Å². The molecule has 0 saturated heterocycles. The molecule has 0 bridgehead atoms. The van der Waals surface area contributed by atoms with Gasteiger partial charge in [0.15, 0.2) is 0 Å². The first-order valence-corrected chi connectivity index (χ1v) is 7.39. The van der Waals surface area contributed by atoms with Crippen LogP contribution in [0.15, 0.2) is 23.4 Å². The Morgan fingerprint density at radius 3 is 2.68 bits per heavy atom. The van der Waals surface area contributed by atoms with Gasteiger partial charge in [0.1, 0.15) is 5.60 Å². The van der Waals surface area contributed by atoms with Crippen molar-refractivity contribution in [2.45, 2.75) is 44.9 Å². The lowest BCUT2D eigenvalue weighted by molar-refractivity contribution is -0.151. The predicted molar refractivity (Wildman–Crippen MR) is 78.2 cm³/mol. The van der Waals surface area contributed by atoms with Gasteiger partial charge < -0.3 is 10.1 Å². The first kappa shape index (κ1) is 16.0. The van der Waals surface area contributed by atoms with Crippen LogP contribution < -0.4 is 5.32 Å². The summed E-state index contributed by atoms with van der Waals surface area (Å²) in [5.74, 6) is 0.0765. The third-order valence-electron chi connectivity index (χ3n) is 2.13. The van der Waals surface area contributed by atoms with Gasteiger partial charge in [-0.3, -0.25) is 4.79 Å². The van der Waals surface area contributed by atoms with Gasteiger partial charge in [-0.1, -0.05) is 24.8 Å². The van der Waals surface area contributed by atoms with Gasteiger partial charge in [-0.05, 0) is 38.9 Å². The highest BCUT2D eigenvalue weighted by Gasteiger charge is 2.16. The summed E-state index contributed by atoms with van der Waals surface area (Å²) in [5.41, 5.74) is 0.712. The third-order valence-corrected chi connectivity index (χ3v) is 3.05. The third kappa shape index (κ3) is 7.18. The summed E-state index contributed by atoms with van der Waals surface area (Å²) in [5, 5.41) is 4.08. The fraction of sp³-hybridized carbons (Fsp3) is 0.571. The van der Waals surface area contributed by atoms with E-state index in [0.29, 0.717) is 0 Å². The van der Waals surface area contributed by atoms with Crippen LogP contribution in [0.2, 0.25) is 0 Å². The number of ether oxygens (including phenoxy) is 1. The van der Waals surface area contributed by atoms with Crippen LogP contribution >= 0.6 is 11.8 Å². The Bertz CT molecular complexity index is 399. The lowest BCUT2D eigenvalue weighted by Gasteiger charge is -2.19. The van der Waals surface area contributed by atoms with Gasteiger partial charge in [0.25, 0.3) is 0 Å². The van der Waals surface area contributed by atoms with E-state index in [1.54, 1.807) is 0 Å². The van der Waals surface area contributed by atoms with E-state index in [4.69, 9.17) is 4.74 Å². The smallest absolute Gasteiger partial charge is 0.316 e. The van der Waals surface area contributed by atoms with E-state index in [0.717, 1.165) is 23.7 Å². The van der Waals surface area contributed by atoms with Crippen LogP contribution in [0.1, 0.15) is 33.3 Å². The molecule has 0 aliphatic heterocycles. The summed E-state index contributed by atoms with van der Waals surface area (Å²) in [6, 6.07) is 3.95. The highest BCUT2D eigenvalue weighted by Crippen LogP contribution is 2.17. The number of nitrogens with one attached hydrogen (secondary N) is 1. The van der Waals surface area contributed by atoms with Gasteiger partial charge in [0, 0.05) is 12.7 Å². The number of carbonyl (C=O) groups excluding carboxylic acids is 1. The predicted octanol–water partition coefficient (Wildman–Crippen LogP) is 2.62. The fourth-order valence-electron chi connectivity index (χ4n) is 1.37. The van der Waals surface area contributed by atoms with Crippen molar-refractivity contribution in [3.8, 4) is 0 Å². The molecule has 0 aliphatic carbocycles. The number of thioether (sulfide) groups is 1. The minimum atomic E-state index is -0.430. The number of carbonyl (C=O) groups is 1. The molecule has 0 radical (unpaired) electrons. The van der Waals surface area contributed by atoms with Gasteiger partial charge in [-0.25, -0.2) is 4.98 Å². The first-order chi connectivity index (χ1) is 8.90. The molecule has 0 aliphatic rings. The van der Waals surface area contributed by atoms with Crippen molar-refractivity contribution in [1.82, 2.24) is 10.3 Å². The Hall–Kier alpha value is -1.07. The Kier molecular flexibility index (Phi) is 6.31. The zero-order chi connectivity index (χ0) is 14.3. The van der Waals surface area contributed by atoms with Crippen LogP contribution in [-0.2, 0) is 16.1 Å².